The molecule has 1 fully saturated rings. The molecule has 0 saturated carbocycles. The number of benzene rings is 1. The summed E-state index contributed by atoms with van der Waals surface area (Å²) in [6.45, 7) is 15.6. The third-order valence-electron chi connectivity index (χ3n) is 11.5. The monoisotopic (exact) mass is 870 g/mol. The van der Waals surface area contributed by atoms with Crippen LogP contribution in [0.5, 0.6) is 0 Å². The number of aromatic nitrogens is 1. The second-order valence-corrected chi connectivity index (χ2v) is 18.3. The van der Waals surface area contributed by atoms with E-state index in [-0.39, 0.29) is 54.8 Å². The van der Waals surface area contributed by atoms with Gasteiger partial charge in [0.25, 0.3) is 5.91 Å². The predicted octanol–water partition coefficient (Wildman–Crippen LogP) is 6.58. The van der Waals surface area contributed by atoms with E-state index in [4.69, 9.17) is 9.84 Å². The lowest BCUT2D eigenvalue weighted by molar-refractivity contribution is -0.150. The molecule has 340 valence electrons. The highest BCUT2D eigenvalue weighted by molar-refractivity contribution is 7.09. The first kappa shape index (κ1) is 50.8. The number of rotatable bonds is 26. The van der Waals surface area contributed by atoms with Gasteiger partial charge in [-0.3, -0.25) is 28.8 Å². The molecule has 0 aliphatic carbocycles. The minimum Gasteiger partial charge on any atom is -0.481 e. The maximum Gasteiger partial charge on any atom is 0.322 e. The summed E-state index contributed by atoms with van der Waals surface area (Å²) in [7, 11) is 0. The molecule has 15 nitrogen and oxygen atoms in total. The van der Waals surface area contributed by atoms with Gasteiger partial charge in [0.15, 0.2) is 6.10 Å². The molecule has 1 aromatic carbocycles. The van der Waals surface area contributed by atoms with Gasteiger partial charge < -0.3 is 41.1 Å². The van der Waals surface area contributed by atoms with Crippen LogP contribution in [0.3, 0.4) is 0 Å². The molecule has 0 unspecified atom stereocenters. The van der Waals surface area contributed by atoms with E-state index in [0.29, 0.717) is 36.5 Å². The van der Waals surface area contributed by atoms with E-state index in [1.807, 2.05) is 32.6 Å². The van der Waals surface area contributed by atoms with Crippen molar-refractivity contribution >= 4 is 52.7 Å². The van der Waals surface area contributed by atoms with Crippen LogP contribution in [-0.2, 0) is 35.1 Å². The highest BCUT2D eigenvalue weighted by atomic mass is 32.1. The number of piperidine rings is 1. The largest absolute Gasteiger partial charge is 0.481 e. The first-order valence-corrected chi connectivity index (χ1v) is 22.8. The fourth-order valence-corrected chi connectivity index (χ4v) is 8.45. The Morgan fingerprint density at radius 1 is 1.00 bits per heavy atom. The Balaban J connectivity index is 1.92. The number of carboxylic acid groups (broad SMARTS) is 2. The molecule has 2 heterocycles. The number of hydrogen-bond acceptors (Lipinski definition) is 11. The Morgan fingerprint density at radius 3 is 2.28 bits per heavy atom. The lowest BCUT2D eigenvalue weighted by atomic mass is 9.84. The number of aliphatic carboxylic acids is 2. The fraction of sp³-hybridized carbons (Fsp3) is 0.667. The highest BCUT2D eigenvalue weighted by Crippen LogP contribution is 2.32. The number of ether oxygens (including phenoxy) is 1. The van der Waals surface area contributed by atoms with Crippen molar-refractivity contribution in [3.8, 4) is 0 Å². The topological polar surface area (TPSA) is 216 Å². The standard InChI is InChI=1S/C45H70N6O9S/c1-9-11-12-15-22-51(43(57)39(29(5)10-2)50-40(55)34-16-13-14-21-46-34)36(28(3)4)24-37(60-30(6)52)42-49-35(27-61-42)41(56)48-33(25-45(7,8)44(58)59)23-31-17-19-32(20-18-31)47-26-38(53)54/h17-20,27-29,33-34,36-37,39,46-47H,9-16,21-26H2,1-8H3,(H,48,56)(H,50,55)(H,53,54)(H,58,59)/t29-,33-,34+,36+,37+,39-/m1/s1. The summed E-state index contributed by atoms with van der Waals surface area (Å²) in [4.78, 5) is 84.5. The second kappa shape index (κ2) is 24.8. The molecule has 1 aromatic heterocycles. The first-order valence-electron chi connectivity index (χ1n) is 21.9. The van der Waals surface area contributed by atoms with Crippen molar-refractivity contribution in [3.63, 3.8) is 0 Å². The molecule has 1 aliphatic rings. The molecule has 3 rings (SSSR count). The van der Waals surface area contributed by atoms with Gasteiger partial charge in [0, 0.05) is 43.0 Å². The Bertz CT molecular complexity index is 1740. The van der Waals surface area contributed by atoms with Crippen LogP contribution in [-0.4, -0.2) is 99.5 Å². The van der Waals surface area contributed by atoms with Crippen molar-refractivity contribution in [3.05, 3.63) is 45.9 Å². The van der Waals surface area contributed by atoms with Crippen LogP contribution in [0.25, 0.3) is 0 Å². The lowest BCUT2D eigenvalue weighted by Gasteiger charge is -2.40. The van der Waals surface area contributed by atoms with E-state index in [9.17, 15) is 33.9 Å². The van der Waals surface area contributed by atoms with Gasteiger partial charge in [0.05, 0.1) is 11.5 Å². The Labute approximate surface area is 365 Å². The van der Waals surface area contributed by atoms with Crippen molar-refractivity contribution in [2.75, 3.05) is 25.0 Å². The highest BCUT2D eigenvalue weighted by Gasteiger charge is 2.38. The number of carbonyl (C=O) groups is 6. The van der Waals surface area contributed by atoms with Crippen LogP contribution in [0, 0.1) is 17.3 Å². The van der Waals surface area contributed by atoms with Crippen molar-refractivity contribution in [2.24, 2.45) is 17.3 Å². The summed E-state index contributed by atoms with van der Waals surface area (Å²) in [5, 5.41) is 33.1. The van der Waals surface area contributed by atoms with Gasteiger partial charge in [0.1, 0.15) is 23.3 Å². The molecular weight excluding hydrogens is 801 g/mol. The van der Waals surface area contributed by atoms with Gasteiger partial charge in [-0.25, -0.2) is 4.98 Å². The minimum absolute atomic E-state index is 0.0768. The molecule has 1 aliphatic heterocycles. The van der Waals surface area contributed by atoms with Gasteiger partial charge in [-0.1, -0.05) is 78.9 Å². The quantitative estimate of drug-likeness (QED) is 0.0437. The number of anilines is 1. The minimum atomic E-state index is -1.18. The maximum atomic E-state index is 14.8. The predicted molar refractivity (Wildman–Crippen MR) is 236 cm³/mol. The molecule has 16 heteroatoms. The van der Waals surface area contributed by atoms with E-state index in [1.54, 1.807) is 43.5 Å². The number of thiazole rings is 1. The molecule has 3 amide bonds. The maximum absolute atomic E-state index is 14.8. The second-order valence-electron chi connectivity index (χ2n) is 17.4. The third-order valence-corrected chi connectivity index (χ3v) is 12.4. The van der Waals surface area contributed by atoms with E-state index in [1.165, 1.54) is 6.92 Å². The smallest absolute Gasteiger partial charge is 0.322 e. The summed E-state index contributed by atoms with van der Waals surface area (Å²) >= 11 is 1.16. The normalized spacial score (nSPS) is 16.7. The number of carbonyl (C=O) groups excluding carboxylic acids is 4. The first-order chi connectivity index (χ1) is 28.9. The summed E-state index contributed by atoms with van der Waals surface area (Å²) in [5.41, 5.74) is 0.306. The van der Waals surface area contributed by atoms with Crippen molar-refractivity contribution in [1.82, 2.24) is 25.8 Å². The van der Waals surface area contributed by atoms with Gasteiger partial charge in [-0.05, 0) is 82.0 Å². The van der Waals surface area contributed by atoms with Crippen LogP contribution in [0.1, 0.15) is 147 Å². The van der Waals surface area contributed by atoms with E-state index in [2.05, 4.69) is 33.2 Å². The van der Waals surface area contributed by atoms with Gasteiger partial charge in [-0.2, -0.15) is 0 Å². The Hall–Kier alpha value is -4.57. The van der Waals surface area contributed by atoms with E-state index >= 15 is 0 Å². The van der Waals surface area contributed by atoms with Gasteiger partial charge in [0.2, 0.25) is 11.8 Å². The number of nitrogens with one attached hydrogen (secondary N) is 4. The number of amides is 3. The van der Waals surface area contributed by atoms with Gasteiger partial charge in [-0.15, -0.1) is 11.3 Å². The van der Waals surface area contributed by atoms with Crippen molar-refractivity contribution in [2.45, 2.75) is 156 Å². The molecular formula is C45H70N6O9S. The molecule has 1 saturated heterocycles. The number of esters is 1. The molecule has 0 radical (unpaired) electrons. The number of nitrogens with zero attached hydrogens (tertiary/aromatic N) is 2. The molecule has 2 aromatic rings. The van der Waals surface area contributed by atoms with Crippen LogP contribution in [0.2, 0.25) is 0 Å². The van der Waals surface area contributed by atoms with Crippen LogP contribution < -0.4 is 21.3 Å². The van der Waals surface area contributed by atoms with Crippen LogP contribution in [0.4, 0.5) is 5.69 Å². The van der Waals surface area contributed by atoms with Crippen molar-refractivity contribution in [1.29, 1.82) is 0 Å². The fourth-order valence-electron chi connectivity index (χ4n) is 7.62. The average Bonchev–Trinajstić information content (AvgIpc) is 3.71. The lowest BCUT2D eigenvalue weighted by Crippen LogP contribution is -2.58. The van der Waals surface area contributed by atoms with E-state index < -0.39 is 53.5 Å². The summed E-state index contributed by atoms with van der Waals surface area (Å²) in [6.07, 6.45) is 6.79. The molecule has 61 heavy (non-hydrogen) atoms. The van der Waals surface area contributed by atoms with E-state index in [0.717, 1.165) is 62.0 Å². The summed E-state index contributed by atoms with van der Waals surface area (Å²) in [6, 6.07) is 4.90. The zero-order valence-corrected chi connectivity index (χ0v) is 38.2. The number of unbranched alkanes of at least 4 members (excludes halogenated alkanes) is 3. The summed E-state index contributed by atoms with van der Waals surface area (Å²) < 4.78 is 5.91. The third kappa shape index (κ3) is 16.3. The molecule has 0 bridgehead atoms. The average molecular weight is 871 g/mol. The summed E-state index contributed by atoms with van der Waals surface area (Å²) in [5.74, 6) is -3.64. The Kier molecular flexibility index (Phi) is 20.6. The Morgan fingerprint density at radius 2 is 1.70 bits per heavy atom. The van der Waals surface area contributed by atoms with Crippen LogP contribution >= 0.6 is 11.3 Å². The zero-order valence-electron chi connectivity index (χ0n) is 37.4. The molecule has 0 spiro atoms. The number of hydrogen-bond donors (Lipinski definition) is 6. The number of carboxylic acids is 2. The zero-order chi connectivity index (χ0) is 45.3. The molecule has 6 atom stereocenters. The SMILES string of the molecule is CCCCCCN(C(=O)[C@H](NC(=O)[C@@H]1CCCCN1)[C@H](C)CC)[C@@H](C[C@H](OC(C)=O)c1nc(C(=O)N[C@H](Cc2ccc(NCC(=O)O)cc2)CC(C)(C)C(=O)O)cs1)C(C)C. The van der Waals surface area contributed by atoms with Crippen LogP contribution in [0.15, 0.2) is 29.6 Å². The van der Waals surface area contributed by atoms with Gasteiger partial charge >= 0.3 is 17.9 Å². The molecule has 6 N–H and O–H groups in total. The van der Waals surface area contributed by atoms with Crippen molar-refractivity contribution < 1.29 is 43.7 Å².